The van der Waals surface area contributed by atoms with Crippen molar-refractivity contribution >= 4 is 33.9 Å². The number of hydrogen-bond acceptors (Lipinski definition) is 9. The number of pyridine rings is 1. The molecule has 5 rings (SSSR count). The third-order valence-electron chi connectivity index (χ3n) is 5.87. The van der Waals surface area contributed by atoms with Crippen LogP contribution in [-0.2, 0) is 13.1 Å². The van der Waals surface area contributed by atoms with Gasteiger partial charge in [0.05, 0.1) is 17.6 Å². The van der Waals surface area contributed by atoms with Gasteiger partial charge in [0, 0.05) is 33.4 Å². The lowest BCUT2D eigenvalue weighted by Gasteiger charge is -2.17. The second-order valence-corrected chi connectivity index (χ2v) is 9.58. The number of aromatic nitrogens is 3. The predicted molar refractivity (Wildman–Crippen MR) is 142 cm³/mol. The Labute approximate surface area is 220 Å². The molecule has 1 atom stereocenters. The summed E-state index contributed by atoms with van der Waals surface area (Å²) in [4.78, 5) is 14.7. The molecule has 8 nitrogen and oxygen atoms in total. The van der Waals surface area contributed by atoms with Gasteiger partial charge in [-0.25, -0.2) is 23.7 Å². The fourth-order valence-corrected chi connectivity index (χ4v) is 4.85. The molecule has 0 saturated carbocycles. The van der Waals surface area contributed by atoms with Gasteiger partial charge in [0.15, 0.2) is 11.6 Å². The number of thiophene rings is 1. The van der Waals surface area contributed by atoms with Crippen LogP contribution in [0, 0.1) is 23.0 Å². The lowest BCUT2D eigenvalue weighted by atomic mass is 10.1. The summed E-state index contributed by atoms with van der Waals surface area (Å²) in [5, 5.41) is 26.9. The van der Waals surface area contributed by atoms with E-state index < -0.39 is 17.9 Å². The molecule has 0 radical (unpaired) electrons. The van der Waals surface area contributed by atoms with Crippen molar-refractivity contribution in [2.45, 2.75) is 19.3 Å². The number of nitrogens with zero attached hydrogens (tertiary/aromatic N) is 4. The number of nitrogen functional groups attached to an aromatic ring is 1. The molecular formula is C27H21F2N7OS. The SMILES string of the molecule is N#Cc1cnc(NCc2ccc(-c3ccc4ncnc(N)c4c3)s2)c(C(O)NCc2ccc(F)c(F)c2)c1. The fourth-order valence-electron chi connectivity index (χ4n) is 3.90. The van der Waals surface area contributed by atoms with Crippen molar-refractivity contribution in [3.63, 3.8) is 0 Å². The maximum Gasteiger partial charge on any atom is 0.159 e. The Morgan fingerprint density at radius 2 is 1.87 bits per heavy atom. The van der Waals surface area contributed by atoms with Crippen LogP contribution in [0.2, 0.25) is 0 Å². The highest BCUT2D eigenvalue weighted by Gasteiger charge is 2.16. The zero-order valence-corrected chi connectivity index (χ0v) is 20.6. The normalized spacial score (nSPS) is 11.8. The van der Waals surface area contributed by atoms with Gasteiger partial charge in [0.1, 0.15) is 30.3 Å². The minimum atomic E-state index is -1.21. The Kier molecular flexibility index (Phi) is 7.19. The standard InChI is InChI=1S/C27H21F2N7OS/c28-21-4-1-15(8-22(21)29)11-34-27(37)20-7-16(10-30)12-32-26(20)33-13-18-3-6-24(38-18)17-2-5-23-19(9-17)25(31)36-14-35-23/h1-9,12,14,27,34,37H,11,13H2,(H,32,33)(H2,31,35,36). The Balaban J connectivity index is 1.30. The van der Waals surface area contributed by atoms with Gasteiger partial charge >= 0.3 is 0 Å². The number of hydrogen-bond donors (Lipinski definition) is 4. The minimum absolute atomic E-state index is 0.0736. The molecule has 0 saturated heterocycles. The summed E-state index contributed by atoms with van der Waals surface area (Å²) >= 11 is 1.58. The predicted octanol–water partition coefficient (Wildman–Crippen LogP) is 4.88. The second kappa shape index (κ2) is 10.9. The third-order valence-corrected chi connectivity index (χ3v) is 7.00. The van der Waals surface area contributed by atoms with E-state index in [0.717, 1.165) is 38.4 Å². The smallest absolute Gasteiger partial charge is 0.159 e. The van der Waals surface area contributed by atoms with Crippen molar-refractivity contribution < 1.29 is 13.9 Å². The van der Waals surface area contributed by atoms with E-state index >= 15 is 0 Å². The molecular weight excluding hydrogens is 508 g/mol. The lowest BCUT2D eigenvalue weighted by Crippen LogP contribution is -2.22. The number of nitrogens with two attached hydrogens (primary N) is 1. The van der Waals surface area contributed by atoms with Crippen LogP contribution in [-0.4, -0.2) is 20.1 Å². The Morgan fingerprint density at radius 3 is 2.68 bits per heavy atom. The molecule has 2 aromatic carbocycles. The van der Waals surface area contributed by atoms with E-state index in [9.17, 15) is 19.1 Å². The number of halogens is 2. The van der Waals surface area contributed by atoms with Crippen LogP contribution in [0.25, 0.3) is 21.3 Å². The number of fused-ring (bicyclic) bond motifs is 1. The summed E-state index contributed by atoms with van der Waals surface area (Å²) in [7, 11) is 0. The van der Waals surface area contributed by atoms with Crippen LogP contribution in [0.1, 0.15) is 27.8 Å². The van der Waals surface area contributed by atoms with Crippen LogP contribution in [0.5, 0.6) is 0 Å². The van der Waals surface area contributed by atoms with Gasteiger partial charge in [-0.15, -0.1) is 11.3 Å². The van der Waals surface area contributed by atoms with E-state index in [2.05, 4.69) is 25.6 Å². The van der Waals surface area contributed by atoms with Crippen LogP contribution in [0.3, 0.4) is 0 Å². The maximum absolute atomic E-state index is 13.5. The summed E-state index contributed by atoms with van der Waals surface area (Å²) in [6.07, 6.45) is 1.64. The number of aliphatic hydroxyl groups is 1. The number of benzene rings is 2. The first-order chi connectivity index (χ1) is 18.4. The minimum Gasteiger partial charge on any atom is -0.383 e. The molecule has 1 unspecified atom stereocenters. The Morgan fingerprint density at radius 1 is 1.00 bits per heavy atom. The van der Waals surface area contributed by atoms with Crippen molar-refractivity contribution in [3.05, 3.63) is 100 Å². The highest BCUT2D eigenvalue weighted by molar-refractivity contribution is 7.15. The van der Waals surface area contributed by atoms with Crippen LogP contribution in [0.4, 0.5) is 20.4 Å². The van der Waals surface area contributed by atoms with Crippen LogP contribution < -0.4 is 16.4 Å². The summed E-state index contributed by atoms with van der Waals surface area (Å²) in [6, 6.07) is 16.9. The molecule has 5 N–H and O–H groups in total. The molecule has 0 aliphatic carbocycles. The molecule has 0 aliphatic rings. The molecule has 3 heterocycles. The maximum atomic E-state index is 13.5. The van der Waals surface area contributed by atoms with Crippen molar-refractivity contribution in [1.82, 2.24) is 20.3 Å². The third kappa shape index (κ3) is 5.42. The van der Waals surface area contributed by atoms with Gasteiger partial charge in [0.25, 0.3) is 0 Å². The lowest BCUT2D eigenvalue weighted by molar-refractivity contribution is 0.137. The number of nitriles is 1. The molecule has 0 bridgehead atoms. The first-order valence-electron chi connectivity index (χ1n) is 11.5. The fraction of sp³-hybridized carbons (Fsp3) is 0.111. The number of rotatable bonds is 8. The van der Waals surface area contributed by atoms with Crippen LogP contribution >= 0.6 is 11.3 Å². The van der Waals surface area contributed by atoms with Gasteiger partial charge in [-0.1, -0.05) is 12.1 Å². The Hall–Kier alpha value is -4.50. The topological polar surface area (TPSA) is 133 Å². The van der Waals surface area contributed by atoms with Gasteiger partial charge < -0.3 is 16.2 Å². The average molecular weight is 530 g/mol. The molecule has 3 aromatic heterocycles. The molecule has 0 amide bonds. The largest absolute Gasteiger partial charge is 0.383 e. The second-order valence-electron chi connectivity index (χ2n) is 8.42. The summed E-state index contributed by atoms with van der Waals surface area (Å²) in [5.74, 6) is -1.10. The van der Waals surface area contributed by atoms with Crippen molar-refractivity contribution in [3.8, 4) is 16.5 Å². The first kappa shape index (κ1) is 25.2. The molecule has 11 heteroatoms. The summed E-state index contributed by atoms with van der Waals surface area (Å²) < 4.78 is 26.7. The first-order valence-corrected chi connectivity index (χ1v) is 12.3. The van der Waals surface area contributed by atoms with Gasteiger partial charge in [-0.3, -0.25) is 5.32 Å². The van der Waals surface area contributed by atoms with Crippen LogP contribution in [0.15, 0.2) is 67.1 Å². The summed E-state index contributed by atoms with van der Waals surface area (Å²) in [5.41, 5.74) is 8.85. The quantitative estimate of drug-likeness (QED) is 0.209. The highest BCUT2D eigenvalue weighted by atomic mass is 32.1. The van der Waals surface area contributed by atoms with E-state index in [0.29, 0.717) is 29.3 Å². The molecule has 190 valence electrons. The van der Waals surface area contributed by atoms with Crippen molar-refractivity contribution in [2.24, 2.45) is 0 Å². The van der Waals surface area contributed by atoms with E-state index in [1.165, 1.54) is 24.7 Å². The van der Waals surface area contributed by atoms with E-state index in [4.69, 9.17) is 5.73 Å². The highest BCUT2D eigenvalue weighted by Crippen LogP contribution is 2.32. The Bertz CT molecular complexity index is 1670. The van der Waals surface area contributed by atoms with E-state index in [1.54, 1.807) is 11.3 Å². The van der Waals surface area contributed by atoms with Crippen molar-refractivity contribution in [1.29, 1.82) is 5.26 Å². The monoisotopic (exact) mass is 529 g/mol. The molecule has 0 fully saturated rings. The van der Waals surface area contributed by atoms with E-state index in [-0.39, 0.29) is 12.1 Å². The average Bonchev–Trinajstić information content (AvgIpc) is 3.41. The number of aliphatic hydroxyl groups excluding tert-OH is 1. The zero-order valence-electron chi connectivity index (χ0n) is 19.8. The number of anilines is 2. The molecule has 5 aromatic rings. The van der Waals surface area contributed by atoms with Crippen molar-refractivity contribution in [2.75, 3.05) is 11.1 Å². The van der Waals surface area contributed by atoms with Gasteiger partial charge in [-0.2, -0.15) is 5.26 Å². The van der Waals surface area contributed by atoms with Gasteiger partial charge in [0.2, 0.25) is 0 Å². The zero-order chi connectivity index (χ0) is 26.6. The molecule has 0 aliphatic heterocycles. The van der Waals surface area contributed by atoms with E-state index in [1.807, 2.05) is 36.4 Å². The summed E-state index contributed by atoms with van der Waals surface area (Å²) in [6.45, 7) is 0.496. The number of nitrogens with one attached hydrogen (secondary N) is 2. The molecule has 0 spiro atoms. The van der Waals surface area contributed by atoms with Gasteiger partial charge in [-0.05, 0) is 53.6 Å². The molecule has 38 heavy (non-hydrogen) atoms.